The molecule has 0 saturated heterocycles. The largest absolute Gasteiger partial charge is 0.396 e. The predicted molar refractivity (Wildman–Crippen MR) is 74.1 cm³/mol. The van der Waals surface area contributed by atoms with Crippen LogP contribution in [0.5, 0.6) is 0 Å². The standard InChI is InChI=1S/C16H12ClF3/c1-9-3-2-4-10-7-14(16(18,19)20)13-8-11(17)5-6-12(13)15(9)10/h2-6,8,14H,7H2,1H3. The van der Waals surface area contributed by atoms with Crippen LogP contribution in [0.4, 0.5) is 13.2 Å². The molecule has 0 bridgehead atoms. The van der Waals surface area contributed by atoms with Crippen LogP contribution in [-0.4, -0.2) is 6.18 Å². The summed E-state index contributed by atoms with van der Waals surface area (Å²) in [5, 5.41) is 0.343. The van der Waals surface area contributed by atoms with E-state index < -0.39 is 12.1 Å². The Morgan fingerprint density at radius 1 is 1.15 bits per heavy atom. The summed E-state index contributed by atoms with van der Waals surface area (Å²) in [6.45, 7) is 1.92. The molecule has 104 valence electrons. The van der Waals surface area contributed by atoms with Gasteiger partial charge in [-0.1, -0.05) is 35.9 Å². The molecule has 0 heterocycles. The quantitative estimate of drug-likeness (QED) is 0.600. The topological polar surface area (TPSA) is 0 Å². The fourth-order valence-corrected chi connectivity index (χ4v) is 3.14. The van der Waals surface area contributed by atoms with Crippen LogP contribution in [0.2, 0.25) is 5.02 Å². The SMILES string of the molecule is Cc1cccc2c1-c1ccc(Cl)cc1C(C(F)(F)F)C2. The molecule has 1 aliphatic carbocycles. The first kappa shape index (κ1) is 13.5. The number of hydrogen-bond donors (Lipinski definition) is 0. The second-order valence-electron chi connectivity index (χ2n) is 5.14. The molecule has 0 saturated carbocycles. The van der Waals surface area contributed by atoms with Gasteiger partial charge in [0.2, 0.25) is 0 Å². The van der Waals surface area contributed by atoms with E-state index in [4.69, 9.17) is 11.6 Å². The summed E-state index contributed by atoms with van der Waals surface area (Å²) in [6, 6.07) is 10.3. The molecule has 0 radical (unpaired) electrons. The summed E-state index contributed by atoms with van der Waals surface area (Å²) in [6.07, 6.45) is -4.28. The fraction of sp³-hybridized carbons (Fsp3) is 0.250. The first-order chi connectivity index (χ1) is 9.38. The Balaban J connectivity index is 2.29. The van der Waals surface area contributed by atoms with Gasteiger partial charge < -0.3 is 0 Å². The van der Waals surface area contributed by atoms with Crippen LogP contribution in [-0.2, 0) is 6.42 Å². The Kier molecular flexibility index (Phi) is 3.05. The van der Waals surface area contributed by atoms with Crippen LogP contribution in [0.3, 0.4) is 0 Å². The van der Waals surface area contributed by atoms with Crippen molar-refractivity contribution in [3.63, 3.8) is 0 Å². The first-order valence-corrected chi connectivity index (χ1v) is 6.71. The van der Waals surface area contributed by atoms with E-state index >= 15 is 0 Å². The van der Waals surface area contributed by atoms with Gasteiger partial charge in [0.1, 0.15) is 0 Å². The molecule has 3 rings (SSSR count). The molecule has 0 N–H and O–H groups in total. The molecule has 0 amide bonds. The monoisotopic (exact) mass is 296 g/mol. The van der Waals surface area contributed by atoms with Gasteiger partial charge in [0.15, 0.2) is 0 Å². The zero-order chi connectivity index (χ0) is 14.5. The van der Waals surface area contributed by atoms with Crippen LogP contribution in [0.25, 0.3) is 11.1 Å². The summed E-state index contributed by atoms with van der Waals surface area (Å²) >= 11 is 5.89. The number of fused-ring (bicyclic) bond motifs is 3. The van der Waals surface area contributed by atoms with Crippen molar-refractivity contribution >= 4 is 11.6 Å². The highest BCUT2D eigenvalue weighted by molar-refractivity contribution is 6.30. The Labute approximate surface area is 120 Å². The van der Waals surface area contributed by atoms with Gasteiger partial charge in [-0.15, -0.1) is 0 Å². The minimum absolute atomic E-state index is 0.0200. The summed E-state index contributed by atoms with van der Waals surface area (Å²) in [5.74, 6) is -1.48. The number of halogens is 4. The van der Waals surface area contributed by atoms with E-state index in [-0.39, 0.29) is 12.0 Å². The summed E-state index contributed by atoms with van der Waals surface area (Å²) < 4.78 is 39.9. The molecule has 0 nitrogen and oxygen atoms in total. The van der Waals surface area contributed by atoms with Crippen molar-refractivity contribution in [2.75, 3.05) is 0 Å². The third-order valence-electron chi connectivity index (χ3n) is 3.84. The van der Waals surface area contributed by atoms with Crippen LogP contribution in [0.1, 0.15) is 22.6 Å². The maximum atomic E-state index is 13.3. The smallest absolute Gasteiger partial charge is 0.170 e. The first-order valence-electron chi connectivity index (χ1n) is 6.33. The van der Waals surface area contributed by atoms with Gasteiger partial charge in [0.25, 0.3) is 0 Å². The average molecular weight is 297 g/mol. The van der Waals surface area contributed by atoms with Crippen molar-refractivity contribution in [2.24, 2.45) is 0 Å². The van der Waals surface area contributed by atoms with Crippen LogP contribution < -0.4 is 0 Å². The lowest BCUT2D eigenvalue weighted by Crippen LogP contribution is -2.26. The minimum atomic E-state index is -4.26. The molecule has 0 spiro atoms. The zero-order valence-electron chi connectivity index (χ0n) is 10.8. The van der Waals surface area contributed by atoms with E-state index in [1.54, 1.807) is 18.2 Å². The molecule has 2 aromatic rings. The maximum absolute atomic E-state index is 13.3. The van der Waals surface area contributed by atoms with Crippen LogP contribution in [0.15, 0.2) is 36.4 Å². The van der Waals surface area contributed by atoms with E-state index in [0.29, 0.717) is 10.6 Å². The van der Waals surface area contributed by atoms with Crippen LogP contribution in [0, 0.1) is 6.92 Å². The molecule has 1 aliphatic rings. The molecular weight excluding hydrogens is 285 g/mol. The lowest BCUT2D eigenvalue weighted by molar-refractivity contribution is -0.150. The lowest BCUT2D eigenvalue weighted by atomic mass is 9.77. The molecular formula is C16H12ClF3. The Bertz CT molecular complexity index is 674. The molecule has 1 unspecified atom stereocenters. The number of aryl methyl sites for hydroxylation is 1. The fourth-order valence-electron chi connectivity index (χ4n) is 2.96. The van der Waals surface area contributed by atoms with E-state index in [0.717, 1.165) is 16.7 Å². The lowest BCUT2D eigenvalue weighted by Gasteiger charge is -2.30. The predicted octanol–water partition coefficient (Wildman–Crippen LogP) is 5.52. The molecule has 0 fully saturated rings. The van der Waals surface area contributed by atoms with Gasteiger partial charge in [-0.2, -0.15) is 13.2 Å². The van der Waals surface area contributed by atoms with Gasteiger partial charge >= 0.3 is 6.18 Å². The van der Waals surface area contributed by atoms with Crippen molar-refractivity contribution < 1.29 is 13.2 Å². The van der Waals surface area contributed by atoms with Crippen molar-refractivity contribution in [2.45, 2.75) is 25.4 Å². The molecule has 0 aromatic heterocycles. The van der Waals surface area contributed by atoms with E-state index in [9.17, 15) is 13.2 Å². The third-order valence-corrected chi connectivity index (χ3v) is 4.07. The summed E-state index contributed by atoms with van der Waals surface area (Å²) in [4.78, 5) is 0. The third kappa shape index (κ3) is 2.10. The number of alkyl halides is 3. The van der Waals surface area contributed by atoms with Gasteiger partial charge in [0, 0.05) is 5.02 Å². The summed E-state index contributed by atoms with van der Waals surface area (Å²) in [7, 11) is 0. The number of hydrogen-bond acceptors (Lipinski definition) is 0. The Morgan fingerprint density at radius 3 is 2.60 bits per heavy atom. The van der Waals surface area contributed by atoms with Crippen LogP contribution >= 0.6 is 11.6 Å². The van der Waals surface area contributed by atoms with Gasteiger partial charge in [-0.25, -0.2) is 0 Å². The highest BCUT2D eigenvalue weighted by atomic mass is 35.5. The molecule has 20 heavy (non-hydrogen) atoms. The second-order valence-corrected chi connectivity index (χ2v) is 5.58. The highest BCUT2D eigenvalue weighted by Crippen LogP contribution is 2.48. The Morgan fingerprint density at radius 2 is 1.90 bits per heavy atom. The van der Waals surface area contributed by atoms with Crippen molar-refractivity contribution in [3.8, 4) is 11.1 Å². The van der Waals surface area contributed by atoms with Gasteiger partial charge in [0.05, 0.1) is 5.92 Å². The van der Waals surface area contributed by atoms with Crippen molar-refractivity contribution in [1.29, 1.82) is 0 Å². The molecule has 0 aliphatic heterocycles. The maximum Gasteiger partial charge on any atom is 0.396 e. The van der Waals surface area contributed by atoms with Gasteiger partial charge in [-0.05, 0) is 53.3 Å². The zero-order valence-corrected chi connectivity index (χ0v) is 11.5. The van der Waals surface area contributed by atoms with E-state index in [1.165, 1.54) is 6.07 Å². The van der Waals surface area contributed by atoms with Gasteiger partial charge in [-0.3, -0.25) is 0 Å². The number of benzene rings is 2. The molecule has 2 aromatic carbocycles. The minimum Gasteiger partial charge on any atom is -0.170 e. The second kappa shape index (κ2) is 4.52. The van der Waals surface area contributed by atoms with E-state index in [1.807, 2.05) is 19.1 Å². The normalized spacial score (nSPS) is 17.6. The molecule has 4 heteroatoms. The van der Waals surface area contributed by atoms with E-state index in [2.05, 4.69) is 0 Å². The van der Waals surface area contributed by atoms with Crippen molar-refractivity contribution in [1.82, 2.24) is 0 Å². The highest BCUT2D eigenvalue weighted by Gasteiger charge is 2.44. The summed E-state index contributed by atoms with van der Waals surface area (Å²) in [5.41, 5.74) is 3.59. The molecule has 1 atom stereocenters. The Hall–Kier alpha value is -1.48. The average Bonchev–Trinajstić information content (AvgIpc) is 2.36. The van der Waals surface area contributed by atoms with Crippen molar-refractivity contribution in [3.05, 3.63) is 58.1 Å². The number of rotatable bonds is 0.